The lowest BCUT2D eigenvalue weighted by atomic mass is 9.83. The first-order valence-corrected chi connectivity index (χ1v) is 10.0. The fourth-order valence-electron chi connectivity index (χ4n) is 4.00. The number of aliphatic imine (C=N–C) groups is 1. The van der Waals surface area contributed by atoms with Crippen LogP contribution in [0.25, 0.3) is 0 Å². The van der Waals surface area contributed by atoms with Crippen LogP contribution in [0.15, 0.2) is 4.99 Å². The van der Waals surface area contributed by atoms with Crippen LogP contribution in [-0.2, 0) is 18.2 Å². The number of aromatic nitrogens is 2. The molecule has 1 aliphatic carbocycles. The molecular weight excluding hydrogens is 326 g/mol. The number of aryl methyl sites for hydroxylation is 2. The predicted octanol–water partition coefficient (Wildman–Crippen LogP) is 2.73. The SMILES string of the molecule is CCNC(=NCC1(CCOC)CCCC1)NCCc1c(C)nn(C)c1C. The third-order valence-corrected chi connectivity index (χ3v) is 5.74. The van der Waals surface area contributed by atoms with E-state index in [-0.39, 0.29) is 0 Å². The zero-order valence-electron chi connectivity index (χ0n) is 17.3. The van der Waals surface area contributed by atoms with Gasteiger partial charge in [0.2, 0.25) is 0 Å². The summed E-state index contributed by atoms with van der Waals surface area (Å²) in [7, 11) is 3.80. The van der Waals surface area contributed by atoms with Gasteiger partial charge in [0.1, 0.15) is 0 Å². The van der Waals surface area contributed by atoms with Gasteiger partial charge in [-0.1, -0.05) is 12.8 Å². The zero-order chi connectivity index (χ0) is 19.0. The van der Waals surface area contributed by atoms with E-state index in [1.807, 2.05) is 11.7 Å². The van der Waals surface area contributed by atoms with Gasteiger partial charge in [0.15, 0.2) is 5.96 Å². The van der Waals surface area contributed by atoms with Gasteiger partial charge in [0.05, 0.1) is 5.69 Å². The molecule has 26 heavy (non-hydrogen) atoms. The molecule has 0 saturated heterocycles. The third kappa shape index (κ3) is 5.47. The Hall–Kier alpha value is -1.56. The summed E-state index contributed by atoms with van der Waals surface area (Å²) in [5.74, 6) is 0.926. The lowest BCUT2D eigenvalue weighted by Crippen LogP contribution is -2.39. The fraction of sp³-hybridized carbons (Fsp3) is 0.800. The molecule has 0 aliphatic heterocycles. The van der Waals surface area contributed by atoms with E-state index < -0.39 is 0 Å². The van der Waals surface area contributed by atoms with Gasteiger partial charge in [-0.25, -0.2) is 0 Å². The van der Waals surface area contributed by atoms with Gasteiger partial charge in [0.25, 0.3) is 0 Å². The molecule has 0 amide bonds. The van der Waals surface area contributed by atoms with E-state index in [9.17, 15) is 0 Å². The highest BCUT2D eigenvalue weighted by atomic mass is 16.5. The van der Waals surface area contributed by atoms with Crippen molar-refractivity contribution in [3.05, 3.63) is 17.0 Å². The third-order valence-electron chi connectivity index (χ3n) is 5.74. The topological polar surface area (TPSA) is 63.5 Å². The minimum atomic E-state index is 0.328. The maximum Gasteiger partial charge on any atom is 0.191 e. The molecule has 0 aromatic carbocycles. The smallest absolute Gasteiger partial charge is 0.191 e. The molecule has 1 fully saturated rings. The lowest BCUT2D eigenvalue weighted by molar-refractivity contribution is 0.141. The van der Waals surface area contributed by atoms with Gasteiger partial charge >= 0.3 is 0 Å². The number of ether oxygens (including phenoxy) is 1. The molecule has 0 atom stereocenters. The molecule has 1 aliphatic rings. The number of guanidine groups is 1. The first kappa shape index (κ1) is 20.7. The van der Waals surface area contributed by atoms with Crippen LogP contribution in [0.1, 0.15) is 56.0 Å². The summed E-state index contributed by atoms with van der Waals surface area (Å²) in [6.45, 7) is 9.79. The van der Waals surface area contributed by atoms with Crippen LogP contribution in [0.2, 0.25) is 0 Å². The van der Waals surface area contributed by atoms with E-state index in [0.29, 0.717) is 5.41 Å². The average Bonchev–Trinajstić information content (AvgIpc) is 3.18. The highest BCUT2D eigenvalue weighted by Gasteiger charge is 2.33. The van der Waals surface area contributed by atoms with E-state index >= 15 is 0 Å². The summed E-state index contributed by atoms with van der Waals surface area (Å²) >= 11 is 0. The van der Waals surface area contributed by atoms with Gasteiger partial charge in [0, 0.05) is 46.1 Å². The predicted molar refractivity (Wildman–Crippen MR) is 108 cm³/mol. The summed E-state index contributed by atoms with van der Waals surface area (Å²) in [6.07, 6.45) is 7.26. The Morgan fingerprint density at radius 3 is 2.58 bits per heavy atom. The molecule has 1 saturated carbocycles. The average molecular weight is 364 g/mol. The Balaban J connectivity index is 1.93. The van der Waals surface area contributed by atoms with Crippen LogP contribution < -0.4 is 10.6 Å². The maximum atomic E-state index is 5.33. The second kappa shape index (κ2) is 9.95. The summed E-state index contributed by atoms with van der Waals surface area (Å²) in [6, 6.07) is 0. The number of hydrogen-bond donors (Lipinski definition) is 2. The van der Waals surface area contributed by atoms with Crippen LogP contribution in [0.3, 0.4) is 0 Å². The molecule has 0 spiro atoms. The molecule has 148 valence electrons. The Labute approximate surface area is 158 Å². The van der Waals surface area contributed by atoms with Crippen molar-refractivity contribution in [2.75, 3.05) is 33.4 Å². The molecule has 1 aromatic rings. The molecule has 2 N–H and O–H groups in total. The van der Waals surface area contributed by atoms with Crippen molar-refractivity contribution in [3.63, 3.8) is 0 Å². The summed E-state index contributed by atoms with van der Waals surface area (Å²) < 4.78 is 7.30. The van der Waals surface area contributed by atoms with E-state index in [4.69, 9.17) is 9.73 Å². The number of methoxy groups -OCH3 is 1. The van der Waals surface area contributed by atoms with Crippen molar-refractivity contribution in [2.24, 2.45) is 17.5 Å². The second-order valence-electron chi connectivity index (χ2n) is 7.59. The van der Waals surface area contributed by atoms with Crippen LogP contribution in [0.5, 0.6) is 0 Å². The highest BCUT2D eigenvalue weighted by Crippen LogP contribution is 2.41. The molecule has 0 bridgehead atoms. The Kier molecular flexibility index (Phi) is 7.94. The largest absolute Gasteiger partial charge is 0.385 e. The molecule has 6 heteroatoms. The molecule has 2 rings (SSSR count). The quantitative estimate of drug-likeness (QED) is 0.523. The van der Waals surface area contributed by atoms with Gasteiger partial charge in [-0.2, -0.15) is 5.10 Å². The first-order valence-electron chi connectivity index (χ1n) is 10.0. The number of nitrogens with zero attached hydrogens (tertiary/aromatic N) is 3. The summed E-state index contributed by atoms with van der Waals surface area (Å²) in [5, 5.41) is 11.4. The normalized spacial score (nSPS) is 16.9. The molecule has 6 nitrogen and oxygen atoms in total. The van der Waals surface area contributed by atoms with E-state index in [2.05, 4.69) is 36.5 Å². The Morgan fingerprint density at radius 2 is 2.00 bits per heavy atom. The number of rotatable bonds is 9. The fourth-order valence-corrected chi connectivity index (χ4v) is 4.00. The van der Waals surface area contributed by atoms with Crippen molar-refractivity contribution >= 4 is 5.96 Å². The minimum Gasteiger partial charge on any atom is -0.385 e. The lowest BCUT2D eigenvalue weighted by Gasteiger charge is -2.27. The minimum absolute atomic E-state index is 0.328. The number of hydrogen-bond acceptors (Lipinski definition) is 3. The van der Waals surface area contributed by atoms with E-state index in [1.165, 1.54) is 36.9 Å². The van der Waals surface area contributed by atoms with Crippen LogP contribution in [0, 0.1) is 19.3 Å². The molecule has 0 radical (unpaired) electrons. The van der Waals surface area contributed by atoms with E-state index in [1.54, 1.807) is 7.11 Å². The van der Waals surface area contributed by atoms with Crippen LogP contribution >= 0.6 is 0 Å². The Bertz CT molecular complexity index is 587. The van der Waals surface area contributed by atoms with Crippen LogP contribution in [-0.4, -0.2) is 49.1 Å². The second-order valence-corrected chi connectivity index (χ2v) is 7.59. The van der Waals surface area contributed by atoms with Gasteiger partial charge in [-0.05, 0) is 57.4 Å². The van der Waals surface area contributed by atoms with Crippen molar-refractivity contribution in [1.29, 1.82) is 0 Å². The molecule has 0 unspecified atom stereocenters. The highest BCUT2D eigenvalue weighted by molar-refractivity contribution is 5.79. The van der Waals surface area contributed by atoms with Crippen molar-refractivity contribution in [1.82, 2.24) is 20.4 Å². The standard InChI is InChI=1S/C20H37N5O/c1-6-21-19(22-13-9-18-16(2)24-25(4)17(18)3)23-15-20(12-14-26-5)10-7-8-11-20/h6-15H2,1-5H3,(H2,21,22,23). The number of nitrogens with one attached hydrogen (secondary N) is 2. The summed E-state index contributed by atoms with van der Waals surface area (Å²) in [5.41, 5.74) is 4.03. The maximum absolute atomic E-state index is 5.33. The molecular formula is C20H37N5O. The summed E-state index contributed by atoms with van der Waals surface area (Å²) in [4.78, 5) is 4.92. The molecule has 1 heterocycles. The van der Waals surface area contributed by atoms with Crippen molar-refractivity contribution < 1.29 is 4.74 Å². The van der Waals surface area contributed by atoms with Crippen molar-refractivity contribution in [3.8, 4) is 0 Å². The van der Waals surface area contributed by atoms with Gasteiger partial charge in [-0.3, -0.25) is 9.67 Å². The Morgan fingerprint density at radius 1 is 1.27 bits per heavy atom. The zero-order valence-corrected chi connectivity index (χ0v) is 17.3. The monoisotopic (exact) mass is 363 g/mol. The van der Waals surface area contributed by atoms with E-state index in [0.717, 1.165) is 50.7 Å². The van der Waals surface area contributed by atoms with Crippen molar-refractivity contribution in [2.45, 2.75) is 59.3 Å². The van der Waals surface area contributed by atoms with Crippen LogP contribution in [0.4, 0.5) is 0 Å². The van der Waals surface area contributed by atoms with Gasteiger partial charge in [-0.15, -0.1) is 0 Å². The molecule has 1 aromatic heterocycles. The first-order chi connectivity index (χ1) is 12.5. The van der Waals surface area contributed by atoms with Gasteiger partial charge < -0.3 is 15.4 Å².